The fourth-order valence-electron chi connectivity index (χ4n) is 2.83. The van der Waals surface area contributed by atoms with Crippen LogP contribution in [0.5, 0.6) is 0 Å². The molecular formula is C15H17F4NO. The van der Waals surface area contributed by atoms with Crippen molar-refractivity contribution in [1.29, 1.82) is 0 Å². The number of carbonyl (C=O) groups excluding carboxylic acids is 1. The summed E-state index contributed by atoms with van der Waals surface area (Å²) in [7, 11) is 0. The Morgan fingerprint density at radius 2 is 1.76 bits per heavy atom. The summed E-state index contributed by atoms with van der Waals surface area (Å²) < 4.78 is 51.9. The third-order valence-corrected chi connectivity index (χ3v) is 3.95. The number of rotatable bonds is 1. The summed E-state index contributed by atoms with van der Waals surface area (Å²) in [6.45, 7) is 3.66. The van der Waals surface area contributed by atoms with Gasteiger partial charge in [0.15, 0.2) is 0 Å². The van der Waals surface area contributed by atoms with Crippen molar-refractivity contribution in [2.24, 2.45) is 0 Å². The summed E-state index contributed by atoms with van der Waals surface area (Å²) in [6, 6.07) is 1.75. The molecule has 1 amide bonds. The maximum absolute atomic E-state index is 13.8. The Bertz CT molecular complexity index is 531. The van der Waals surface area contributed by atoms with Crippen LogP contribution in [0.3, 0.4) is 0 Å². The molecular weight excluding hydrogens is 286 g/mol. The Hall–Kier alpha value is -1.59. The van der Waals surface area contributed by atoms with Crippen LogP contribution in [0, 0.1) is 5.82 Å². The van der Waals surface area contributed by atoms with Crippen molar-refractivity contribution in [3.05, 3.63) is 35.1 Å². The van der Waals surface area contributed by atoms with Crippen molar-refractivity contribution in [2.75, 3.05) is 0 Å². The number of hydrogen-bond donors (Lipinski definition) is 0. The first-order valence-electron chi connectivity index (χ1n) is 6.91. The van der Waals surface area contributed by atoms with Gasteiger partial charge in [-0.25, -0.2) is 4.39 Å². The summed E-state index contributed by atoms with van der Waals surface area (Å²) in [5.41, 5.74) is -1.52. The van der Waals surface area contributed by atoms with E-state index in [0.29, 0.717) is 18.2 Å². The summed E-state index contributed by atoms with van der Waals surface area (Å²) in [6.07, 6.45) is -2.09. The van der Waals surface area contributed by atoms with E-state index >= 15 is 0 Å². The molecule has 116 valence electrons. The van der Waals surface area contributed by atoms with Gasteiger partial charge in [0.05, 0.1) is 11.1 Å². The molecule has 1 fully saturated rings. The minimum atomic E-state index is -4.60. The highest BCUT2D eigenvalue weighted by atomic mass is 19.4. The fourth-order valence-corrected chi connectivity index (χ4v) is 2.83. The van der Waals surface area contributed by atoms with Gasteiger partial charge < -0.3 is 4.90 Å². The first-order chi connectivity index (χ1) is 9.71. The zero-order valence-electron chi connectivity index (χ0n) is 11.9. The molecule has 2 rings (SSSR count). The van der Waals surface area contributed by atoms with Crippen molar-refractivity contribution in [3.63, 3.8) is 0 Å². The van der Waals surface area contributed by atoms with E-state index in [1.54, 1.807) is 0 Å². The number of alkyl halides is 3. The topological polar surface area (TPSA) is 20.3 Å². The smallest absolute Gasteiger partial charge is 0.333 e. The first kappa shape index (κ1) is 15.8. The van der Waals surface area contributed by atoms with Crippen LogP contribution in [0.15, 0.2) is 18.2 Å². The molecule has 0 unspecified atom stereocenters. The average Bonchev–Trinajstić information content (AvgIpc) is 2.37. The summed E-state index contributed by atoms with van der Waals surface area (Å²) in [4.78, 5) is 13.9. The largest absolute Gasteiger partial charge is 0.416 e. The Labute approximate surface area is 120 Å². The molecule has 2 atom stereocenters. The van der Waals surface area contributed by atoms with Crippen LogP contribution in [0.4, 0.5) is 17.6 Å². The van der Waals surface area contributed by atoms with Crippen molar-refractivity contribution < 1.29 is 22.4 Å². The van der Waals surface area contributed by atoms with Crippen LogP contribution < -0.4 is 0 Å². The van der Waals surface area contributed by atoms with Crippen molar-refractivity contribution in [2.45, 2.75) is 51.4 Å². The second-order valence-electron chi connectivity index (χ2n) is 5.53. The van der Waals surface area contributed by atoms with Gasteiger partial charge in [0.2, 0.25) is 0 Å². The zero-order chi connectivity index (χ0) is 15.8. The predicted octanol–water partition coefficient (Wildman–Crippen LogP) is 4.25. The molecule has 0 aliphatic carbocycles. The number of halogens is 4. The number of nitrogens with zero attached hydrogens (tertiary/aromatic N) is 1. The molecule has 0 aromatic heterocycles. The molecule has 0 saturated carbocycles. The molecule has 1 aliphatic heterocycles. The molecule has 6 heteroatoms. The quantitative estimate of drug-likeness (QED) is 0.710. The van der Waals surface area contributed by atoms with E-state index in [1.165, 1.54) is 4.90 Å². The molecule has 1 aromatic rings. The molecule has 0 spiro atoms. The number of likely N-dealkylation sites (tertiary alicyclic amines) is 1. The lowest BCUT2D eigenvalue weighted by Crippen LogP contribution is -2.47. The van der Waals surface area contributed by atoms with E-state index in [0.717, 1.165) is 19.3 Å². The maximum Gasteiger partial charge on any atom is 0.416 e. The number of carbonyl (C=O) groups is 1. The number of benzene rings is 1. The molecule has 2 nitrogen and oxygen atoms in total. The number of hydrogen-bond acceptors (Lipinski definition) is 1. The van der Waals surface area contributed by atoms with E-state index in [2.05, 4.69) is 0 Å². The molecule has 1 aliphatic rings. The lowest BCUT2D eigenvalue weighted by Gasteiger charge is -2.39. The molecule has 0 N–H and O–H groups in total. The second-order valence-corrected chi connectivity index (χ2v) is 5.53. The van der Waals surface area contributed by atoms with Gasteiger partial charge in [0, 0.05) is 12.1 Å². The third kappa shape index (κ3) is 3.19. The summed E-state index contributed by atoms with van der Waals surface area (Å²) >= 11 is 0. The van der Waals surface area contributed by atoms with Crippen LogP contribution in [-0.2, 0) is 6.18 Å². The lowest BCUT2D eigenvalue weighted by molar-refractivity contribution is -0.137. The van der Waals surface area contributed by atoms with Gasteiger partial charge in [-0.1, -0.05) is 0 Å². The van der Waals surface area contributed by atoms with Crippen LogP contribution >= 0.6 is 0 Å². The van der Waals surface area contributed by atoms with Crippen molar-refractivity contribution in [1.82, 2.24) is 4.90 Å². The monoisotopic (exact) mass is 303 g/mol. The highest BCUT2D eigenvalue weighted by Crippen LogP contribution is 2.32. The molecule has 1 heterocycles. The number of amides is 1. The predicted molar refractivity (Wildman–Crippen MR) is 70.3 cm³/mol. The number of piperidine rings is 1. The highest BCUT2D eigenvalue weighted by molar-refractivity contribution is 5.95. The fraction of sp³-hybridized carbons (Fsp3) is 0.533. The Kier molecular flexibility index (Phi) is 4.25. The van der Waals surface area contributed by atoms with E-state index in [4.69, 9.17) is 0 Å². The zero-order valence-corrected chi connectivity index (χ0v) is 11.9. The van der Waals surface area contributed by atoms with Crippen LogP contribution in [-0.4, -0.2) is 22.9 Å². The second kappa shape index (κ2) is 5.66. The standard InChI is InChI=1S/C15H17F4NO/c1-9-4-3-5-10(2)20(9)14(21)12-8-11(15(17,18)19)6-7-13(12)16/h6-10H,3-5H2,1-2H3/t9-,10+. The van der Waals surface area contributed by atoms with E-state index < -0.39 is 29.0 Å². The Morgan fingerprint density at radius 1 is 1.19 bits per heavy atom. The molecule has 0 radical (unpaired) electrons. The molecule has 1 aromatic carbocycles. The summed E-state index contributed by atoms with van der Waals surface area (Å²) in [5.74, 6) is -1.59. The van der Waals surface area contributed by atoms with Gasteiger partial charge in [-0.3, -0.25) is 4.79 Å². The van der Waals surface area contributed by atoms with Gasteiger partial charge in [-0.2, -0.15) is 13.2 Å². The highest BCUT2D eigenvalue weighted by Gasteiger charge is 2.35. The minimum Gasteiger partial charge on any atom is -0.333 e. The molecule has 1 saturated heterocycles. The van der Waals surface area contributed by atoms with Gasteiger partial charge in [0.1, 0.15) is 5.82 Å². The van der Waals surface area contributed by atoms with Crippen molar-refractivity contribution >= 4 is 5.91 Å². The van der Waals surface area contributed by atoms with Gasteiger partial charge in [-0.15, -0.1) is 0 Å². The van der Waals surface area contributed by atoms with Crippen molar-refractivity contribution in [3.8, 4) is 0 Å². The first-order valence-corrected chi connectivity index (χ1v) is 6.91. The molecule has 0 bridgehead atoms. The SMILES string of the molecule is C[C@@H]1CCC[C@H](C)N1C(=O)c1cc(C(F)(F)F)ccc1F. The van der Waals surface area contributed by atoms with Crippen LogP contribution in [0.2, 0.25) is 0 Å². The lowest BCUT2D eigenvalue weighted by atomic mass is 9.96. The van der Waals surface area contributed by atoms with E-state index in [-0.39, 0.29) is 12.1 Å². The summed E-state index contributed by atoms with van der Waals surface area (Å²) in [5, 5.41) is 0. The van der Waals surface area contributed by atoms with Gasteiger partial charge in [-0.05, 0) is 51.3 Å². The normalized spacial score (nSPS) is 23.2. The third-order valence-electron chi connectivity index (χ3n) is 3.95. The van der Waals surface area contributed by atoms with Gasteiger partial charge in [0.25, 0.3) is 5.91 Å². The Balaban J connectivity index is 2.38. The molecule has 21 heavy (non-hydrogen) atoms. The van der Waals surface area contributed by atoms with E-state index in [1.807, 2.05) is 13.8 Å². The van der Waals surface area contributed by atoms with E-state index in [9.17, 15) is 22.4 Å². The van der Waals surface area contributed by atoms with Crippen LogP contribution in [0.25, 0.3) is 0 Å². The van der Waals surface area contributed by atoms with Crippen LogP contribution in [0.1, 0.15) is 49.0 Å². The minimum absolute atomic E-state index is 0.102. The maximum atomic E-state index is 13.8. The Morgan fingerprint density at radius 3 is 2.29 bits per heavy atom. The van der Waals surface area contributed by atoms with Gasteiger partial charge >= 0.3 is 6.18 Å². The average molecular weight is 303 g/mol.